The van der Waals surface area contributed by atoms with Crippen molar-refractivity contribution in [3.63, 3.8) is 0 Å². The van der Waals surface area contributed by atoms with E-state index in [4.69, 9.17) is 10.5 Å². The van der Waals surface area contributed by atoms with Crippen LogP contribution < -0.4 is 10.5 Å². The summed E-state index contributed by atoms with van der Waals surface area (Å²) in [5, 5.41) is 0. The third kappa shape index (κ3) is 3.95. The summed E-state index contributed by atoms with van der Waals surface area (Å²) in [6.45, 7) is 0.563. The maximum absolute atomic E-state index is 13.4. The van der Waals surface area contributed by atoms with Crippen molar-refractivity contribution in [3.8, 4) is 5.75 Å². The molecular formula is C16H17FN2O2. The molecule has 2 aromatic rings. The van der Waals surface area contributed by atoms with Crippen molar-refractivity contribution in [2.24, 2.45) is 0 Å². The molecule has 0 fully saturated rings. The zero-order valence-electron chi connectivity index (χ0n) is 11.8. The Morgan fingerprint density at radius 2 is 2.00 bits per heavy atom. The van der Waals surface area contributed by atoms with Gasteiger partial charge in [-0.2, -0.15) is 0 Å². The van der Waals surface area contributed by atoms with Crippen LogP contribution in [0.5, 0.6) is 5.75 Å². The second-order valence-corrected chi connectivity index (χ2v) is 4.63. The van der Waals surface area contributed by atoms with E-state index in [1.165, 1.54) is 11.0 Å². The van der Waals surface area contributed by atoms with E-state index in [-0.39, 0.29) is 18.3 Å². The van der Waals surface area contributed by atoms with Crippen LogP contribution in [0, 0.1) is 5.82 Å². The first kappa shape index (κ1) is 14.8. The maximum atomic E-state index is 13.4. The number of benzene rings is 2. The molecule has 0 saturated heterocycles. The minimum atomic E-state index is -0.415. The fourth-order valence-corrected chi connectivity index (χ4v) is 1.85. The second kappa shape index (κ2) is 6.74. The molecule has 0 aliphatic heterocycles. The minimum Gasteiger partial charge on any atom is -0.489 e. The summed E-state index contributed by atoms with van der Waals surface area (Å²) in [6.07, 6.45) is 0. The lowest BCUT2D eigenvalue weighted by molar-refractivity contribution is 0.0773. The summed E-state index contributed by atoms with van der Waals surface area (Å²) in [7, 11) is 1.66. The van der Waals surface area contributed by atoms with E-state index in [1.54, 1.807) is 49.5 Å². The molecule has 0 radical (unpaired) electrons. The van der Waals surface area contributed by atoms with Crippen molar-refractivity contribution in [3.05, 3.63) is 59.9 Å². The Morgan fingerprint density at radius 1 is 1.24 bits per heavy atom. The fourth-order valence-electron chi connectivity index (χ4n) is 1.85. The molecule has 0 saturated carbocycles. The van der Waals surface area contributed by atoms with E-state index in [0.29, 0.717) is 17.8 Å². The van der Waals surface area contributed by atoms with Crippen molar-refractivity contribution in [2.45, 2.75) is 0 Å². The predicted octanol–water partition coefficient (Wildman–Crippen LogP) is 2.56. The zero-order chi connectivity index (χ0) is 15.2. The monoisotopic (exact) mass is 288 g/mol. The van der Waals surface area contributed by atoms with Crippen molar-refractivity contribution >= 4 is 11.6 Å². The summed E-state index contributed by atoms with van der Waals surface area (Å²) in [5.41, 5.74) is 6.71. The van der Waals surface area contributed by atoms with Crippen molar-refractivity contribution in [1.82, 2.24) is 4.90 Å². The summed E-state index contributed by atoms with van der Waals surface area (Å²) >= 11 is 0. The lowest BCUT2D eigenvalue weighted by Crippen LogP contribution is -2.31. The predicted molar refractivity (Wildman–Crippen MR) is 79.7 cm³/mol. The average molecular weight is 288 g/mol. The highest BCUT2D eigenvalue weighted by atomic mass is 19.1. The Labute approximate surface area is 122 Å². The number of ether oxygens (including phenoxy) is 1. The van der Waals surface area contributed by atoms with Crippen LogP contribution in [0.2, 0.25) is 0 Å². The zero-order valence-corrected chi connectivity index (χ0v) is 11.8. The Morgan fingerprint density at radius 3 is 2.71 bits per heavy atom. The number of nitrogens with zero attached hydrogens (tertiary/aromatic N) is 1. The SMILES string of the molecule is CN(CCOc1ccccc1F)C(=O)c1cccc(N)c1. The standard InChI is InChI=1S/C16H17FN2O2/c1-19(16(20)12-5-4-6-13(18)11-12)9-10-21-15-8-3-2-7-14(15)17/h2-8,11H,9-10,18H2,1H3. The fraction of sp³-hybridized carbons (Fsp3) is 0.188. The molecule has 5 heteroatoms. The van der Waals surface area contributed by atoms with Gasteiger partial charge in [0.05, 0.1) is 6.54 Å². The number of nitrogens with two attached hydrogens (primary N) is 1. The van der Waals surface area contributed by atoms with Gasteiger partial charge in [0.1, 0.15) is 6.61 Å². The van der Waals surface area contributed by atoms with Gasteiger partial charge in [-0.25, -0.2) is 4.39 Å². The number of para-hydroxylation sites is 1. The van der Waals surface area contributed by atoms with E-state index in [0.717, 1.165) is 0 Å². The van der Waals surface area contributed by atoms with Gasteiger partial charge in [0.25, 0.3) is 5.91 Å². The molecule has 0 aliphatic rings. The summed E-state index contributed by atoms with van der Waals surface area (Å²) in [4.78, 5) is 13.7. The smallest absolute Gasteiger partial charge is 0.253 e. The molecule has 0 spiro atoms. The van der Waals surface area contributed by atoms with E-state index < -0.39 is 5.82 Å². The normalized spacial score (nSPS) is 10.2. The van der Waals surface area contributed by atoms with E-state index in [2.05, 4.69) is 0 Å². The Hall–Kier alpha value is -2.56. The van der Waals surface area contributed by atoms with Crippen LogP contribution in [0.1, 0.15) is 10.4 Å². The highest BCUT2D eigenvalue weighted by molar-refractivity contribution is 5.94. The van der Waals surface area contributed by atoms with Crippen LogP contribution in [0.4, 0.5) is 10.1 Å². The molecule has 0 heterocycles. The topological polar surface area (TPSA) is 55.6 Å². The van der Waals surface area contributed by atoms with Crippen LogP contribution >= 0.6 is 0 Å². The molecule has 1 amide bonds. The van der Waals surface area contributed by atoms with Gasteiger partial charge >= 0.3 is 0 Å². The number of hydrogen-bond acceptors (Lipinski definition) is 3. The first-order valence-electron chi connectivity index (χ1n) is 6.56. The number of amides is 1. The van der Waals surface area contributed by atoms with E-state index in [1.807, 2.05) is 0 Å². The number of rotatable bonds is 5. The van der Waals surface area contributed by atoms with Gasteiger partial charge < -0.3 is 15.4 Å². The molecule has 0 bridgehead atoms. The van der Waals surface area contributed by atoms with Crippen molar-refractivity contribution in [2.75, 3.05) is 25.9 Å². The first-order chi connectivity index (χ1) is 10.1. The summed E-state index contributed by atoms with van der Waals surface area (Å²) in [5.74, 6) is -0.385. The summed E-state index contributed by atoms with van der Waals surface area (Å²) < 4.78 is 18.7. The van der Waals surface area contributed by atoms with E-state index in [9.17, 15) is 9.18 Å². The number of anilines is 1. The third-order valence-electron chi connectivity index (χ3n) is 3.00. The largest absolute Gasteiger partial charge is 0.489 e. The highest BCUT2D eigenvalue weighted by Gasteiger charge is 2.12. The van der Waals surface area contributed by atoms with Gasteiger partial charge in [0.15, 0.2) is 11.6 Å². The van der Waals surface area contributed by atoms with Crippen LogP contribution in [0.25, 0.3) is 0 Å². The van der Waals surface area contributed by atoms with Crippen LogP contribution in [0.15, 0.2) is 48.5 Å². The second-order valence-electron chi connectivity index (χ2n) is 4.63. The molecule has 4 nitrogen and oxygen atoms in total. The molecule has 0 atom stereocenters. The minimum absolute atomic E-state index is 0.153. The molecule has 0 aromatic heterocycles. The number of carbonyl (C=O) groups excluding carboxylic acids is 1. The number of hydrogen-bond donors (Lipinski definition) is 1. The number of carbonyl (C=O) groups is 1. The Balaban J connectivity index is 1.89. The third-order valence-corrected chi connectivity index (χ3v) is 3.00. The molecule has 110 valence electrons. The van der Waals surface area contributed by atoms with Crippen LogP contribution in [-0.2, 0) is 0 Å². The van der Waals surface area contributed by atoms with Crippen LogP contribution in [0.3, 0.4) is 0 Å². The Kier molecular flexibility index (Phi) is 4.77. The summed E-state index contributed by atoms with van der Waals surface area (Å²) in [6, 6.07) is 12.9. The molecule has 0 unspecified atom stereocenters. The lowest BCUT2D eigenvalue weighted by Gasteiger charge is -2.18. The van der Waals surface area contributed by atoms with Gasteiger partial charge in [0, 0.05) is 18.3 Å². The van der Waals surface area contributed by atoms with Crippen LogP contribution in [-0.4, -0.2) is 31.0 Å². The van der Waals surface area contributed by atoms with Gasteiger partial charge in [-0.3, -0.25) is 4.79 Å². The molecule has 2 rings (SSSR count). The molecule has 21 heavy (non-hydrogen) atoms. The Bertz CT molecular complexity index is 631. The van der Waals surface area contributed by atoms with Crippen molar-refractivity contribution < 1.29 is 13.9 Å². The van der Waals surface area contributed by atoms with E-state index >= 15 is 0 Å². The number of halogens is 1. The van der Waals surface area contributed by atoms with Crippen molar-refractivity contribution in [1.29, 1.82) is 0 Å². The van der Waals surface area contributed by atoms with Gasteiger partial charge in [-0.1, -0.05) is 18.2 Å². The first-order valence-corrected chi connectivity index (χ1v) is 6.56. The van der Waals surface area contributed by atoms with Gasteiger partial charge in [-0.15, -0.1) is 0 Å². The highest BCUT2D eigenvalue weighted by Crippen LogP contribution is 2.15. The molecule has 0 aliphatic carbocycles. The molecule has 2 N–H and O–H groups in total. The lowest BCUT2D eigenvalue weighted by atomic mass is 10.2. The molecular weight excluding hydrogens is 271 g/mol. The average Bonchev–Trinajstić information content (AvgIpc) is 2.48. The van der Waals surface area contributed by atoms with Gasteiger partial charge in [0.2, 0.25) is 0 Å². The maximum Gasteiger partial charge on any atom is 0.253 e. The van der Waals surface area contributed by atoms with Gasteiger partial charge in [-0.05, 0) is 30.3 Å². The molecule has 2 aromatic carbocycles. The quantitative estimate of drug-likeness (QED) is 0.860. The number of nitrogen functional groups attached to an aromatic ring is 1. The number of likely N-dealkylation sites (N-methyl/N-ethyl adjacent to an activating group) is 1.